The summed E-state index contributed by atoms with van der Waals surface area (Å²) < 4.78 is 74.4. The summed E-state index contributed by atoms with van der Waals surface area (Å²) in [6.45, 7) is 4.44. The van der Waals surface area contributed by atoms with E-state index < -0.39 is 5.92 Å². The quantitative estimate of drug-likeness (QED) is 0.0265. The predicted octanol–water partition coefficient (Wildman–Crippen LogP) is 14.8. The van der Waals surface area contributed by atoms with E-state index in [1.165, 1.54) is 33.2 Å². The van der Waals surface area contributed by atoms with E-state index in [1.807, 2.05) is 43.6 Å². The molecule has 632 valence electrons. The summed E-state index contributed by atoms with van der Waals surface area (Å²) in [6.07, 6.45) is 16.1. The summed E-state index contributed by atoms with van der Waals surface area (Å²) in [4.78, 5) is 109. The number of aromatic amines is 3. The highest BCUT2D eigenvalue weighted by atomic mass is 19.3. The third-order valence-corrected chi connectivity index (χ3v) is 21.4. The zero-order valence-electron chi connectivity index (χ0n) is 68.2. The Kier molecular flexibility index (Phi) is 24.8. The number of halogens is 2. The third kappa shape index (κ3) is 18.6. The van der Waals surface area contributed by atoms with Gasteiger partial charge in [0.15, 0.2) is 11.5 Å². The molecule has 2 saturated carbocycles. The monoisotopic (exact) mass is 1660 g/mol. The van der Waals surface area contributed by atoms with Crippen molar-refractivity contribution in [3.05, 3.63) is 156 Å². The number of aromatic hydroxyl groups is 1. The molecular weight excluding hydrogens is 1570 g/mol. The molecule has 17 rings (SSSR count). The third-order valence-electron chi connectivity index (χ3n) is 21.4. The topological polar surface area (TPSA) is 421 Å². The number of pyridine rings is 1. The van der Waals surface area contributed by atoms with Crippen LogP contribution in [-0.2, 0) is 9.53 Å². The normalized spacial score (nSPS) is 14.7. The van der Waals surface area contributed by atoms with Gasteiger partial charge < -0.3 is 99.8 Å². The zero-order valence-corrected chi connectivity index (χ0v) is 68.2. The number of aryl methyl sites for hydroxylation is 1. The molecule has 0 radical (unpaired) electrons. The molecule has 2 aliphatic carbocycles. The first kappa shape index (κ1) is 82.8. The summed E-state index contributed by atoms with van der Waals surface area (Å²) in [5.41, 5.74) is 11.6. The van der Waals surface area contributed by atoms with Gasteiger partial charge in [-0.2, -0.15) is 29.9 Å². The number of alkyl halides is 2. The van der Waals surface area contributed by atoms with Crippen LogP contribution < -0.4 is 65.6 Å². The lowest BCUT2D eigenvalue weighted by molar-refractivity contribution is -0.114. The number of rotatable bonds is 23. The number of carbonyl (C=O) groups excluding carboxylic acids is 5. The number of hydrogen-bond donors (Lipinski definition) is 11. The molecule has 2 saturated heterocycles. The number of phenols is 1. The Morgan fingerprint density at radius 3 is 1.39 bits per heavy atom. The number of fused-ring (bicyclic) bond motifs is 4. The number of ether oxygens (including phenoxy) is 7. The van der Waals surface area contributed by atoms with Crippen LogP contribution in [0.2, 0.25) is 0 Å². The summed E-state index contributed by atoms with van der Waals surface area (Å²) in [5.74, 6) is -0.0604. The number of anilines is 7. The number of H-pyrrole nitrogens is 3. The van der Waals surface area contributed by atoms with Crippen molar-refractivity contribution < 1.29 is 75.4 Å². The number of benzene rings is 5. The van der Waals surface area contributed by atoms with Crippen LogP contribution in [0.3, 0.4) is 0 Å². The van der Waals surface area contributed by atoms with Crippen molar-refractivity contribution >= 4 is 114 Å². The van der Waals surface area contributed by atoms with Gasteiger partial charge in [-0.15, -0.1) is 0 Å². The highest BCUT2D eigenvalue weighted by Crippen LogP contribution is 2.44. The number of nitrogens with zero attached hydrogens (tertiary/aromatic N) is 9. The highest BCUT2D eigenvalue weighted by molar-refractivity contribution is 6.03. The molecule has 13 aromatic rings. The van der Waals surface area contributed by atoms with E-state index in [2.05, 4.69) is 72.1 Å². The van der Waals surface area contributed by atoms with Crippen LogP contribution in [0.1, 0.15) is 131 Å². The second-order valence-corrected chi connectivity index (χ2v) is 29.6. The average Bonchev–Trinajstić information content (AvgIpc) is 1.61. The Hall–Kier alpha value is -14.3. The lowest BCUT2D eigenvalue weighted by Crippen LogP contribution is -2.42. The van der Waals surface area contributed by atoms with E-state index in [4.69, 9.17) is 57.5 Å². The smallest absolute Gasteiger partial charge is 0.269 e. The molecule has 11 N–H and O–H groups in total. The molecule has 5 amide bonds. The van der Waals surface area contributed by atoms with Crippen LogP contribution in [0.5, 0.6) is 40.6 Å². The van der Waals surface area contributed by atoms with Gasteiger partial charge in [0.1, 0.15) is 69.5 Å². The van der Waals surface area contributed by atoms with Gasteiger partial charge in [-0.3, -0.25) is 29.0 Å². The Morgan fingerprint density at radius 2 is 0.934 bits per heavy atom. The molecule has 35 heteroatoms. The van der Waals surface area contributed by atoms with E-state index in [1.54, 1.807) is 112 Å². The van der Waals surface area contributed by atoms with Crippen molar-refractivity contribution in [1.29, 1.82) is 0 Å². The fraction of sp³-hybridized carbons (Fsp3) is 0.322. The number of likely N-dealkylation sites (tertiary alicyclic amines) is 1. The molecule has 0 atom stereocenters. The largest absolute Gasteiger partial charge is 0.506 e. The molecule has 0 bridgehead atoms. The Bertz CT molecular complexity index is 6060. The number of oxazole rings is 1. The highest BCUT2D eigenvalue weighted by Gasteiger charge is 2.37. The number of methoxy groups -OCH3 is 3. The summed E-state index contributed by atoms with van der Waals surface area (Å²) in [6, 6.07) is 29.5. The summed E-state index contributed by atoms with van der Waals surface area (Å²) >= 11 is 0. The summed E-state index contributed by atoms with van der Waals surface area (Å²) in [7, 11) is 9.25. The maximum absolute atomic E-state index is 13.6. The van der Waals surface area contributed by atoms with E-state index >= 15 is 0 Å². The van der Waals surface area contributed by atoms with Gasteiger partial charge in [0.25, 0.3) is 29.6 Å². The van der Waals surface area contributed by atoms with Gasteiger partial charge in [0.05, 0.1) is 73.5 Å². The second-order valence-electron chi connectivity index (χ2n) is 29.6. The van der Waals surface area contributed by atoms with E-state index in [0.717, 1.165) is 103 Å². The second kappa shape index (κ2) is 36.5. The van der Waals surface area contributed by atoms with Gasteiger partial charge >= 0.3 is 0 Å². The van der Waals surface area contributed by atoms with Gasteiger partial charge in [-0.05, 0) is 159 Å². The molecule has 0 unspecified atom stereocenters. The summed E-state index contributed by atoms with van der Waals surface area (Å²) in [5, 5.41) is 32.6. The van der Waals surface area contributed by atoms with Crippen LogP contribution in [0.4, 0.5) is 49.4 Å². The molecule has 4 aliphatic rings. The predicted molar refractivity (Wildman–Crippen MR) is 453 cm³/mol. The first-order valence-electron chi connectivity index (χ1n) is 40.0. The first-order valence-corrected chi connectivity index (χ1v) is 40.0. The fourth-order valence-electron chi connectivity index (χ4n) is 15.1. The minimum Gasteiger partial charge on any atom is -0.506 e. The van der Waals surface area contributed by atoms with Crippen molar-refractivity contribution in [2.75, 3.05) is 90.0 Å². The van der Waals surface area contributed by atoms with Gasteiger partial charge in [-0.1, -0.05) is 12.1 Å². The molecule has 4 fully saturated rings. The van der Waals surface area contributed by atoms with E-state index in [0.29, 0.717) is 144 Å². The minimum atomic E-state index is -2.73. The number of aromatic nitrogens is 11. The van der Waals surface area contributed by atoms with Crippen LogP contribution >= 0.6 is 0 Å². The minimum absolute atomic E-state index is 0.00973. The number of phenolic OH excluding ortho intramolecular Hbond substituents is 1. The molecule has 2 aliphatic heterocycles. The van der Waals surface area contributed by atoms with Crippen LogP contribution in [0.25, 0.3) is 77.6 Å². The van der Waals surface area contributed by atoms with Crippen LogP contribution in [-0.4, -0.2) is 187 Å². The van der Waals surface area contributed by atoms with Crippen LogP contribution in [0, 0.1) is 6.92 Å². The standard InChI is InChI=1S/C32H32F2N6O4.C28H30N6O5.C27H29N7O5/c1-18-36-24-9-7-19(15-26(24)43-18)22-17-35-28-27(22)29(44-21-5-3-4-6-21)39-31(38-28)37-23-10-8-20(16-25(23)42-2)30(41)40-13-11-32(33,34)12-14-40;1-15(35)31-20-10-8-16(12-22(20)36)19-14-30-25-24(19)27(39-18-6-4-5-7-18)34-28(33-25)32-21-11-9-17(26(37)29-2)13-23(21)38-3;1-28-24(35)16-4-5-19(21(13-16)37-3)32-27-33-23-22(26(34-27)39-17-7-10-38-11-8-17)18(14-31-23)15-6-9-30-20(12-15)25(36)29-2/h7-10,15-17,21H,3-6,11-14H2,1-2H3,(H2,35,37,38,39);8-14,18,36H,4-7H2,1-3H3,(H,29,37)(H,31,35)(H2,30,32,33,34);4-6,9,12-14,17H,7-8,10-11H2,1-3H3,(H,28,35)(H,29,36)(H2,31,32,33,34). The molecule has 10 heterocycles. The van der Waals surface area contributed by atoms with Crippen molar-refractivity contribution in [2.24, 2.45) is 0 Å². The number of amides is 5. The maximum atomic E-state index is 13.6. The molecule has 0 spiro atoms. The SMILES string of the molecule is CNC(=O)c1ccc(Nc2nc(OC3CCCC3)c3c(-c4ccc(NC(C)=O)c(O)c4)c[nH]c3n2)c(OC)c1.CNC(=O)c1ccc(Nc2nc(OC3CCOCC3)c3c(-c4ccnc(C(=O)NC)c4)c[nH]c3n2)c(OC)c1.COc1cc(C(=O)N2CCC(F)(F)CC2)ccc1Nc1nc(OC2CCCC2)c2c(-c3ccc4nc(C)oc4c3)c[nH]c2n1. The molecule has 5 aromatic carbocycles. The van der Waals surface area contributed by atoms with E-state index in [-0.39, 0.29) is 91.4 Å². The Morgan fingerprint density at radius 1 is 0.508 bits per heavy atom. The number of piperidine rings is 1. The maximum Gasteiger partial charge on any atom is 0.269 e. The fourth-order valence-corrected chi connectivity index (χ4v) is 15.1. The van der Waals surface area contributed by atoms with Crippen molar-refractivity contribution in [2.45, 2.75) is 115 Å². The molecule has 33 nitrogen and oxygen atoms in total. The van der Waals surface area contributed by atoms with Crippen molar-refractivity contribution in [1.82, 2.24) is 75.7 Å². The molecule has 8 aromatic heterocycles. The Labute approximate surface area is 697 Å². The number of carbonyl (C=O) groups is 5. The van der Waals surface area contributed by atoms with E-state index in [9.17, 15) is 37.9 Å². The zero-order chi connectivity index (χ0) is 85.3. The molecule has 122 heavy (non-hydrogen) atoms. The molecular formula is C87H91F2N19O14. The lowest BCUT2D eigenvalue weighted by Gasteiger charge is -2.31. The van der Waals surface area contributed by atoms with Gasteiger partial charge in [0, 0.05) is 132 Å². The van der Waals surface area contributed by atoms with Crippen LogP contribution in [0.15, 0.2) is 132 Å². The van der Waals surface area contributed by atoms with Crippen molar-refractivity contribution in [3.8, 4) is 74.0 Å². The first-order chi connectivity index (χ1) is 59.1. The number of nitrogens with one attached hydrogen (secondary N) is 10. The lowest BCUT2D eigenvalue weighted by atomic mass is 10.1. The number of hydrogen-bond acceptors (Lipinski definition) is 25. The van der Waals surface area contributed by atoms with Crippen molar-refractivity contribution in [3.63, 3.8) is 0 Å². The Balaban J connectivity index is 0.000000143. The van der Waals surface area contributed by atoms with Gasteiger partial charge in [0.2, 0.25) is 41.4 Å². The van der Waals surface area contributed by atoms with Gasteiger partial charge in [-0.25, -0.2) is 13.8 Å². The average molecular weight is 1660 g/mol.